The van der Waals surface area contributed by atoms with E-state index in [1.807, 2.05) is 0 Å². The lowest BCUT2D eigenvalue weighted by Crippen LogP contribution is -2.13. The molecule has 0 saturated heterocycles. The van der Waals surface area contributed by atoms with Gasteiger partial charge in [0.2, 0.25) is 0 Å². The zero-order valence-electron chi connectivity index (χ0n) is 11.9. The lowest BCUT2D eigenvalue weighted by Gasteiger charge is -2.05. The van der Waals surface area contributed by atoms with E-state index in [1.165, 1.54) is 24.0 Å². The average molecular weight is 350 g/mol. The highest BCUT2D eigenvalue weighted by Gasteiger charge is 2.34. The van der Waals surface area contributed by atoms with Crippen LogP contribution in [0.1, 0.15) is 15.5 Å². The van der Waals surface area contributed by atoms with Crippen LogP contribution in [0.25, 0.3) is 11.3 Å². The van der Waals surface area contributed by atoms with Crippen molar-refractivity contribution in [2.75, 3.05) is 5.32 Å². The molecule has 3 aromatic rings. The lowest BCUT2D eigenvalue weighted by molar-refractivity contribution is -0.137. The summed E-state index contributed by atoms with van der Waals surface area (Å²) in [6.45, 7) is 0. The Morgan fingerprint density at radius 1 is 1.12 bits per heavy atom. The number of thiazole rings is 1. The second-order valence-corrected chi connectivity index (χ2v) is 5.52. The molecule has 0 bridgehead atoms. The molecule has 0 aliphatic carbocycles. The van der Waals surface area contributed by atoms with Crippen LogP contribution in [-0.4, -0.2) is 20.9 Å². The molecule has 0 saturated carbocycles. The van der Waals surface area contributed by atoms with E-state index in [-0.39, 0.29) is 11.4 Å². The van der Waals surface area contributed by atoms with E-state index in [4.69, 9.17) is 0 Å². The number of carbonyl (C=O) groups is 1. The Bertz CT molecular complexity index is 847. The number of halogens is 3. The lowest BCUT2D eigenvalue weighted by atomic mass is 10.1. The molecule has 9 heteroatoms. The number of benzene rings is 1. The summed E-state index contributed by atoms with van der Waals surface area (Å²) in [5, 5.41) is 3.09. The van der Waals surface area contributed by atoms with Crippen LogP contribution in [0.3, 0.4) is 0 Å². The fourth-order valence-electron chi connectivity index (χ4n) is 1.88. The van der Waals surface area contributed by atoms with Gasteiger partial charge in [0.15, 0.2) is 5.01 Å². The SMILES string of the molecule is O=C(Nc1ccc(-c2csc(C(F)(F)F)n2)cc1)c1ccncn1. The minimum atomic E-state index is -4.45. The van der Waals surface area contributed by atoms with Crippen molar-refractivity contribution in [3.8, 4) is 11.3 Å². The van der Waals surface area contributed by atoms with Crippen molar-refractivity contribution < 1.29 is 18.0 Å². The van der Waals surface area contributed by atoms with Gasteiger partial charge in [0.1, 0.15) is 12.0 Å². The quantitative estimate of drug-likeness (QED) is 0.779. The van der Waals surface area contributed by atoms with Gasteiger partial charge in [-0.05, 0) is 18.2 Å². The van der Waals surface area contributed by atoms with E-state index < -0.39 is 17.1 Å². The largest absolute Gasteiger partial charge is 0.443 e. The zero-order chi connectivity index (χ0) is 17.2. The molecule has 0 aliphatic rings. The molecule has 2 heterocycles. The van der Waals surface area contributed by atoms with Crippen molar-refractivity contribution in [2.45, 2.75) is 6.18 Å². The molecular formula is C15H9F3N4OS. The number of alkyl halides is 3. The topological polar surface area (TPSA) is 67.8 Å². The fraction of sp³-hybridized carbons (Fsp3) is 0.0667. The van der Waals surface area contributed by atoms with Crippen LogP contribution in [0.15, 0.2) is 48.2 Å². The van der Waals surface area contributed by atoms with Crippen LogP contribution >= 0.6 is 11.3 Å². The molecule has 2 aromatic heterocycles. The van der Waals surface area contributed by atoms with Gasteiger partial charge in [-0.25, -0.2) is 15.0 Å². The summed E-state index contributed by atoms with van der Waals surface area (Å²) in [5.41, 5.74) is 1.47. The van der Waals surface area contributed by atoms with E-state index in [2.05, 4.69) is 20.3 Å². The predicted molar refractivity (Wildman–Crippen MR) is 82.5 cm³/mol. The van der Waals surface area contributed by atoms with Gasteiger partial charge in [0.25, 0.3) is 5.91 Å². The summed E-state index contributed by atoms with van der Waals surface area (Å²) in [6.07, 6.45) is -1.74. The molecule has 1 N–H and O–H groups in total. The van der Waals surface area contributed by atoms with Gasteiger partial charge < -0.3 is 5.32 Å². The van der Waals surface area contributed by atoms with Crippen LogP contribution in [0.5, 0.6) is 0 Å². The molecule has 0 atom stereocenters. The van der Waals surface area contributed by atoms with Crippen LogP contribution in [0.2, 0.25) is 0 Å². The zero-order valence-corrected chi connectivity index (χ0v) is 12.7. The summed E-state index contributed by atoms with van der Waals surface area (Å²) in [7, 11) is 0. The monoisotopic (exact) mass is 350 g/mol. The minimum absolute atomic E-state index is 0.211. The Labute approximate surface area is 138 Å². The van der Waals surface area contributed by atoms with Gasteiger partial charge in [-0.3, -0.25) is 4.79 Å². The number of hydrogen-bond acceptors (Lipinski definition) is 5. The van der Waals surface area contributed by atoms with Crippen LogP contribution in [0, 0.1) is 0 Å². The first-order valence-electron chi connectivity index (χ1n) is 6.64. The van der Waals surface area contributed by atoms with Gasteiger partial charge in [-0.1, -0.05) is 12.1 Å². The molecule has 3 rings (SSSR count). The van der Waals surface area contributed by atoms with Gasteiger partial charge in [0.05, 0.1) is 5.69 Å². The van der Waals surface area contributed by atoms with Gasteiger partial charge in [0, 0.05) is 22.8 Å². The maximum absolute atomic E-state index is 12.6. The normalized spacial score (nSPS) is 11.3. The maximum atomic E-state index is 12.6. The molecule has 0 spiro atoms. The number of carbonyl (C=O) groups excluding carboxylic acids is 1. The van der Waals surface area contributed by atoms with Crippen molar-refractivity contribution in [3.63, 3.8) is 0 Å². The Morgan fingerprint density at radius 3 is 2.46 bits per heavy atom. The fourth-order valence-corrected chi connectivity index (χ4v) is 2.58. The maximum Gasteiger partial charge on any atom is 0.443 e. The van der Waals surface area contributed by atoms with E-state index in [9.17, 15) is 18.0 Å². The van der Waals surface area contributed by atoms with Gasteiger partial charge in [-0.2, -0.15) is 13.2 Å². The first-order chi connectivity index (χ1) is 11.4. The van der Waals surface area contributed by atoms with Crippen LogP contribution in [-0.2, 0) is 6.18 Å². The van der Waals surface area contributed by atoms with Crippen LogP contribution < -0.4 is 5.32 Å². The highest BCUT2D eigenvalue weighted by atomic mass is 32.1. The Kier molecular flexibility index (Phi) is 4.26. The Balaban J connectivity index is 1.74. The summed E-state index contributed by atoms with van der Waals surface area (Å²) in [6, 6.07) is 7.81. The number of nitrogens with zero attached hydrogens (tertiary/aromatic N) is 3. The number of nitrogens with one attached hydrogen (secondary N) is 1. The van der Waals surface area contributed by atoms with E-state index in [0.717, 1.165) is 0 Å². The second-order valence-electron chi connectivity index (χ2n) is 4.66. The number of rotatable bonds is 3. The number of hydrogen-bond donors (Lipinski definition) is 1. The smallest absolute Gasteiger partial charge is 0.321 e. The molecule has 0 radical (unpaired) electrons. The van der Waals surface area contributed by atoms with Gasteiger partial charge >= 0.3 is 6.18 Å². The highest BCUT2D eigenvalue weighted by Crippen LogP contribution is 2.34. The van der Waals surface area contributed by atoms with Gasteiger partial charge in [-0.15, -0.1) is 11.3 Å². The van der Waals surface area contributed by atoms with Crippen LogP contribution in [0.4, 0.5) is 18.9 Å². The van der Waals surface area contributed by atoms with E-state index in [1.54, 1.807) is 24.3 Å². The van der Waals surface area contributed by atoms with E-state index >= 15 is 0 Å². The molecule has 0 aliphatic heterocycles. The van der Waals surface area contributed by atoms with Crippen molar-refractivity contribution in [1.29, 1.82) is 0 Å². The first kappa shape index (κ1) is 16.1. The van der Waals surface area contributed by atoms with Crippen molar-refractivity contribution >= 4 is 22.9 Å². The molecule has 0 fully saturated rings. The third-order valence-electron chi connectivity index (χ3n) is 3.00. The number of aromatic nitrogens is 3. The van der Waals surface area contributed by atoms with Crippen molar-refractivity contribution in [1.82, 2.24) is 15.0 Å². The highest BCUT2D eigenvalue weighted by molar-refractivity contribution is 7.10. The van der Waals surface area contributed by atoms with E-state index in [0.29, 0.717) is 22.6 Å². The molecule has 0 unspecified atom stereocenters. The summed E-state index contributed by atoms with van der Waals surface area (Å²) in [5.74, 6) is -0.404. The minimum Gasteiger partial charge on any atom is -0.321 e. The third kappa shape index (κ3) is 3.57. The molecule has 1 amide bonds. The third-order valence-corrected chi connectivity index (χ3v) is 3.89. The number of amides is 1. The standard InChI is InChI=1S/C15H9F3N4OS/c16-15(17,18)14-22-12(7-24-14)9-1-3-10(4-2-9)21-13(23)11-5-6-19-8-20-11/h1-8H,(H,21,23). The molecule has 122 valence electrons. The molecule has 1 aromatic carbocycles. The molecule has 5 nitrogen and oxygen atoms in total. The number of anilines is 1. The predicted octanol–water partition coefficient (Wildman–Crippen LogP) is 3.87. The van der Waals surface area contributed by atoms with Crippen molar-refractivity contribution in [2.24, 2.45) is 0 Å². The Hall–Kier alpha value is -2.81. The van der Waals surface area contributed by atoms with Crippen molar-refractivity contribution in [3.05, 3.63) is 58.9 Å². The molecule has 24 heavy (non-hydrogen) atoms. The summed E-state index contributed by atoms with van der Waals surface area (Å²) >= 11 is 0.543. The summed E-state index contributed by atoms with van der Waals surface area (Å²) in [4.78, 5) is 23.1. The molecular weight excluding hydrogens is 341 g/mol. The first-order valence-corrected chi connectivity index (χ1v) is 7.52. The summed E-state index contributed by atoms with van der Waals surface area (Å²) < 4.78 is 37.7. The second kappa shape index (κ2) is 6.36. The average Bonchev–Trinajstić information content (AvgIpc) is 3.07. The Morgan fingerprint density at radius 2 is 1.88 bits per heavy atom.